The molecule has 1 amide bonds. The van der Waals surface area contributed by atoms with Crippen LogP contribution in [0.2, 0.25) is 0 Å². The Labute approximate surface area is 159 Å². The van der Waals surface area contributed by atoms with Crippen LogP contribution in [-0.2, 0) is 0 Å². The Morgan fingerprint density at radius 1 is 0.929 bits per heavy atom. The Kier molecular flexibility index (Phi) is 4.47. The zero-order chi connectivity index (χ0) is 19.5. The van der Waals surface area contributed by atoms with Gasteiger partial charge in [-0.1, -0.05) is 48.5 Å². The molecule has 0 aliphatic rings. The number of hydrogen-bond acceptors (Lipinski definition) is 5. The van der Waals surface area contributed by atoms with Gasteiger partial charge in [-0.3, -0.25) is 14.9 Å². The molecule has 0 saturated carbocycles. The molecule has 1 aromatic heterocycles. The smallest absolute Gasteiger partial charge is 0.270 e. The molecule has 0 fully saturated rings. The lowest BCUT2D eigenvalue weighted by Gasteiger charge is -2.09. The van der Waals surface area contributed by atoms with Crippen LogP contribution in [0.1, 0.15) is 10.4 Å². The minimum atomic E-state index is -0.477. The Morgan fingerprint density at radius 2 is 1.64 bits per heavy atom. The molecular weight excluding hydrogens is 356 g/mol. The second-order valence-corrected chi connectivity index (χ2v) is 6.08. The number of carbonyl (C=O) groups excluding carboxylic acids is 1. The summed E-state index contributed by atoms with van der Waals surface area (Å²) in [5.74, 6) is -0.0210. The second kappa shape index (κ2) is 7.24. The van der Waals surface area contributed by atoms with Crippen LogP contribution in [0.25, 0.3) is 22.2 Å². The van der Waals surface area contributed by atoms with Crippen LogP contribution in [0.5, 0.6) is 0 Å². The van der Waals surface area contributed by atoms with E-state index in [0.717, 1.165) is 10.8 Å². The number of benzene rings is 3. The van der Waals surface area contributed by atoms with Crippen molar-refractivity contribution in [2.45, 2.75) is 0 Å². The molecule has 0 atom stereocenters. The summed E-state index contributed by atoms with van der Waals surface area (Å²) in [6.45, 7) is 0. The maximum absolute atomic E-state index is 12.6. The summed E-state index contributed by atoms with van der Waals surface area (Å²) in [6, 6.07) is 19.5. The number of hydrogen-bond donors (Lipinski definition) is 1. The second-order valence-electron chi connectivity index (χ2n) is 6.08. The third-order valence-electron chi connectivity index (χ3n) is 4.27. The number of non-ortho nitro benzene ring substituents is 1. The van der Waals surface area contributed by atoms with Gasteiger partial charge in [-0.05, 0) is 11.5 Å². The average molecular weight is 370 g/mol. The summed E-state index contributed by atoms with van der Waals surface area (Å²) in [7, 11) is 0. The summed E-state index contributed by atoms with van der Waals surface area (Å²) in [5, 5.41) is 15.7. The average Bonchev–Trinajstić information content (AvgIpc) is 2.74. The van der Waals surface area contributed by atoms with Crippen molar-refractivity contribution in [3.05, 3.63) is 94.8 Å². The van der Waals surface area contributed by atoms with Gasteiger partial charge in [-0.25, -0.2) is 9.97 Å². The highest BCUT2D eigenvalue weighted by molar-refractivity contribution is 6.08. The maximum Gasteiger partial charge on any atom is 0.270 e. The fourth-order valence-electron chi connectivity index (χ4n) is 2.88. The number of fused-ring (bicyclic) bond motifs is 1. The monoisotopic (exact) mass is 370 g/mol. The lowest BCUT2D eigenvalue weighted by molar-refractivity contribution is -0.384. The molecule has 136 valence electrons. The Hall–Kier alpha value is -4.13. The fraction of sp³-hybridized carbons (Fsp3) is 0. The molecular formula is C21H14N4O3. The fourth-order valence-corrected chi connectivity index (χ4v) is 2.88. The molecule has 1 N–H and O–H groups in total. The third-order valence-corrected chi connectivity index (χ3v) is 4.27. The molecule has 4 aromatic rings. The van der Waals surface area contributed by atoms with Crippen molar-refractivity contribution in [1.82, 2.24) is 9.97 Å². The number of nitrogens with zero attached hydrogens (tertiary/aromatic N) is 3. The van der Waals surface area contributed by atoms with Gasteiger partial charge < -0.3 is 5.32 Å². The van der Waals surface area contributed by atoms with Gasteiger partial charge in [0.1, 0.15) is 0 Å². The SMILES string of the molecule is O=C(Nc1cccc2ccccc12)c1cnc(-c2cccc([N+](=O)[O-])c2)nc1. The van der Waals surface area contributed by atoms with Gasteiger partial charge in [0, 0.05) is 41.2 Å². The normalized spacial score (nSPS) is 10.6. The van der Waals surface area contributed by atoms with Crippen molar-refractivity contribution in [3.8, 4) is 11.4 Å². The van der Waals surface area contributed by atoms with E-state index in [9.17, 15) is 14.9 Å². The van der Waals surface area contributed by atoms with E-state index < -0.39 is 4.92 Å². The van der Waals surface area contributed by atoms with E-state index in [0.29, 0.717) is 22.6 Å². The van der Waals surface area contributed by atoms with Crippen molar-refractivity contribution in [2.75, 3.05) is 5.32 Å². The molecule has 3 aromatic carbocycles. The third kappa shape index (κ3) is 3.41. The van der Waals surface area contributed by atoms with E-state index in [1.165, 1.54) is 24.5 Å². The molecule has 7 heteroatoms. The zero-order valence-electron chi connectivity index (χ0n) is 14.6. The first kappa shape index (κ1) is 17.3. The molecule has 28 heavy (non-hydrogen) atoms. The number of rotatable bonds is 4. The van der Waals surface area contributed by atoms with Crippen molar-refractivity contribution >= 4 is 28.1 Å². The molecule has 0 aliphatic heterocycles. The lowest BCUT2D eigenvalue weighted by Crippen LogP contribution is -2.13. The van der Waals surface area contributed by atoms with Crippen LogP contribution >= 0.6 is 0 Å². The van der Waals surface area contributed by atoms with Gasteiger partial charge in [0.25, 0.3) is 11.6 Å². The number of aromatic nitrogens is 2. The molecule has 0 aliphatic carbocycles. The van der Waals surface area contributed by atoms with Crippen LogP contribution in [-0.4, -0.2) is 20.8 Å². The van der Waals surface area contributed by atoms with Gasteiger partial charge in [0.05, 0.1) is 10.5 Å². The van der Waals surface area contributed by atoms with Crippen molar-refractivity contribution in [2.24, 2.45) is 0 Å². The van der Waals surface area contributed by atoms with Crippen LogP contribution in [0.15, 0.2) is 79.1 Å². The summed E-state index contributed by atoms with van der Waals surface area (Å²) in [4.78, 5) is 31.4. The number of nitro benzene ring substituents is 1. The topological polar surface area (TPSA) is 98.0 Å². The molecule has 7 nitrogen and oxygen atoms in total. The number of anilines is 1. The summed E-state index contributed by atoms with van der Waals surface area (Å²) >= 11 is 0. The Balaban J connectivity index is 1.58. The van der Waals surface area contributed by atoms with E-state index in [2.05, 4.69) is 15.3 Å². The molecule has 0 saturated heterocycles. The largest absolute Gasteiger partial charge is 0.321 e. The lowest BCUT2D eigenvalue weighted by atomic mass is 10.1. The van der Waals surface area contributed by atoms with Crippen molar-refractivity contribution < 1.29 is 9.72 Å². The highest BCUT2D eigenvalue weighted by Gasteiger charge is 2.12. The van der Waals surface area contributed by atoms with Crippen LogP contribution < -0.4 is 5.32 Å². The maximum atomic E-state index is 12.6. The van der Waals surface area contributed by atoms with Crippen LogP contribution in [0.4, 0.5) is 11.4 Å². The molecule has 0 spiro atoms. The van der Waals surface area contributed by atoms with Gasteiger partial charge in [-0.2, -0.15) is 0 Å². The number of amides is 1. The van der Waals surface area contributed by atoms with E-state index in [1.54, 1.807) is 12.1 Å². The molecule has 1 heterocycles. The highest BCUT2D eigenvalue weighted by atomic mass is 16.6. The standard InChI is InChI=1S/C21H14N4O3/c26-21(24-19-10-4-6-14-5-1-2-9-18(14)19)16-12-22-20(23-13-16)15-7-3-8-17(11-15)25(27)28/h1-13H,(H,24,26). The first-order valence-electron chi connectivity index (χ1n) is 8.48. The van der Waals surface area contributed by atoms with E-state index >= 15 is 0 Å². The molecule has 4 rings (SSSR count). The summed E-state index contributed by atoms with van der Waals surface area (Å²) < 4.78 is 0. The number of carbonyl (C=O) groups is 1. The van der Waals surface area contributed by atoms with E-state index in [4.69, 9.17) is 0 Å². The molecule has 0 bridgehead atoms. The molecule has 0 unspecified atom stereocenters. The van der Waals surface area contributed by atoms with Gasteiger partial charge in [0.15, 0.2) is 5.82 Å². The van der Waals surface area contributed by atoms with Gasteiger partial charge >= 0.3 is 0 Å². The first-order chi connectivity index (χ1) is 13.6. The van der Waals surface area contributed by atoms with Crippen LogP contribution in [0, 0.1) is 10.1 Å². The molecule has 0 radical (unpaired) electrons. The summed E-state index contributed by atoms with van der Waals surface area (Å²) in [6.07, 6.45) is 2.81. The van der Waals surface area contributed by atoms with Crippen molar-refractivity contribution in [3.63, 3.8) is 0 Å². The first-order valence-corrected chi connectivity index (χ1v) is 8.48. The van der Waals surface area contributed by atoms with Gasteiger partial charge in [0.2, 0.25) is 0 Å². The summed E-state index contributed by atoms with van der Waals surface area (Å²) in [5.41, 5.74) is 1.46. The van der Waals surface area contributed by atoms with E-state index in [1.807, 2.05) is 42.5 Å². The van der Waals surface area contributed by atoms with Gasteiger partial charge in [-0.15, -0.1) is 0 Å². The predicted octanol–water partition coefficient (Wildman–Crippen LogP) is 4.46. The predicted molar refractivity (Wildman–Crippen MR) is 106 cm³/mol. The highest BCUT2D eigenvalue weighted by Crippen LogP contribution is 2.24. The Bertz CT molecular complexity index is 1180. The number of nitrogens with one attached hydrogen (secondary N) is 1. The minimum Gasteiger partial charge on any atom is -0.321 e. The zero-order valence-corrected chi connectivity index (χ0v) is 14.6. The quantitative estimate of drug-likeness (QED) is 0.422. The minimum absolute atomic E-state index is 0.0427. The van der Waals surface area contributed by atoms with Crippen molar-refractivity contribution in [1.29, 1.82) is 0 Å². The number of nitro groups is 1. The van der Waals surface area contributed by atoms with Crippen LogP contribution in [0.3, 0.4) is 0 Å². The Morgan fingerprint density at radius 3 is 2.43 bits per heavy atom. The van der Waals surface area contributed by atoms with E-state index in [-0.39, 0.29) is 11.6 Å².